The van der Waals surface area contributed by atoms with Crippen molar-refractivity contribution < 1.29 is 9.53 Å². The van der Waals surface area contributed by atoms with Crippen LogP contribution in [0.4, 0.5) is 0 Å². The quantitative estimate of drug-likeness (QED) is 0.527. The Balaban J connectivity index is 1.80. The lowest BCUT2D eigenvalue weighted by atomic mass is 9.78. The molecule has 158 valence electrons. The molecule has 0 aliphatic heterocycles. The first kappa shape index (κ1) is 21.7. The van der Waals surface area contributed by atoms with Gasteiger partial charge in [-0.2, -0.15) is 0 Å². The van der Waals surface area contributed by atoms with Gasteiger partial charge in [-0.25, -0.2) is 0 Å². The summed E-state index contributed by atoms with van der Waals surface area (Å²) < 4.78 is 7.26. The van der Waals surface area contributed by atoms with E-state index in [1.54, 1.807) is 22.8 Å². The van der Waals surface area contributed by atoms with Crippen LogP contribution in [0.15, 0.2) is 23.0 Å². The maximum atomic E-state index is 12.8. The average Bonchev–Trinajstić information content (AvgIpc) is 2.70. The summed E-state index contributed by atoms with van der Waals surface area (Å²) in [7, 11) is 0. The van der Waals surface area contributed by atoms with Gasteiger partial charge in [-0.1, -0.05) is 26.7 Å². The Kier molecular flexibility index (Phi) is 7.24. The van der Waals surface area contributed by atoms with Gasteiger partial charge in [0.25, 0.3) is 11.5 Å². The first-order chi connectivity index (χ1) is 13.9. The molecule has 1 aromatic carbocycles. The van der Waals surface area contributed by atoms with Crippen LogP contribution in [0, 0.1) is 16.6 Å². The van der Waals surface area contributed by atoms with Gasteiger partial charge in [0.15, 0.2) is 4.77 Å². The normalized spacial score (nSPS) is 22.0. The second-order valence-corrected chi connectivity index (χ2v) is 8.43. The van der Waals surface area contributed by atoms with Crippen LogP contribution in [0.2, 0.25) is 0 Å². The summed E-state index contributed by atoms with van der Waals surface area (Å²) in [6.45, 7) is 8.15. The molecule has 1 fully saturated rings. The molecule has 0 spiro atoms. The molecule has 0 saturated heterocycles. The average molecular weight is 418 g/mol. The van der Waals surface area contributed by atoms with Crippen molar-refractivity contribution in [2.75, 3.05) is 13.2 Å². The third-order valence-corrected chi connectivity index (χ3v) is 6.46. The Bertz CT molecular complexity index is 981. The second-order valence-electron chi connectivity index (χ2n) is 8.05. The highest BCUT2D eigenvalue weighted by Gasteiger charge is 2.28. The van der Waals surface area contributed by atoms with Gasteiger partial charge in [-0.15, -0.1) is 0 Å². The number of benzene rings is 1. The summed E-state index contributed by atoms with van der Waals surface area (Å²) >= 11 is 5.38. The molecular formula is C22H31N3O3S. The fraction of sp³-hybridized carbons (Fsp3) is 0.591. The Morgan fingerprint density at radius 2 is 2.14 bits per heavy atom. The maximum absolute atomic E-state index is 12.8. The van der Waals surface area contributed by atoms with Crippen LogP contribution in [0.25, 0.3) is 10.9 Å². The van der Waals surface area contributed by atoms with Crippen molar-refractivity contribution in [2.45, 2.75) is 59.0 Å². The molecule has 1 aromatic heterocycles. The van der Waals surface area contributed by atoms with Gasteiger partial charge in [0.1, 0.15) is 0 Å². The van der Waals surface area contributed by atoms with Crippen LogP contribution in [-0.4, -0.2) is 34.7 Å². The van der Waals surface area contributed by atoms with Crippen LogP contribution >= 0.6 is 12.2 Å². The van der Waals surface area contributed by atoms with Crippen molar-refractivity contribution in [3.05, 3.63) is 38.9 Å². The van der Waals surface area contributed by atoms with Crippen molar-refractivity contribution in [2.24, 2.45) is 11.8 Å². The summed E-state index contributed by atoms with van der Waals surface area (Å²) in [5, 5.41) is 3.72. The van der Waals surface area contributed by atoms with E-state index in [9.17, 15) is 9.59 Å². The summed E-state index contributed by atoms with van der Waals surface area (Å²) in [6.07, 6.45) is 4.09. The minimum absolute atomic E-state index is 0.0990. The number of amides is 1. The van der Waals surface area contributed by atoms with E-state index in [1.165, 1.54) is 6.42 Å². The first-order valence-corrected chi connectivity index (χ1v) is 11.0. The van der Waals surface area contributed by atoms with E-state index >= 15 is 0 Å². The molecule has 1 aliphatic rings. The number of rotatable bonds is 7. The molecule has 1 aliphatic carbocycles. The third-order valence-electron chi connectivity index (χ3n) is 6.14. The zero-order chi connectivity index (χ0) is 21.0. The summed E-state index contributed by atoms with van der Waals surface area (Å²) in [5.41, 5.74) is 1.00. The van der Waals surface area contributed by atoms with Crippen molar-refractivity contribution >= 4 is 29.0 Å². The summed E-state index contributed by atoms with van der Waals surface area (Å²) in [4.78, 5) is 28.7. The molecule has 6 nitrogen and oxygen atoms in total. The van der Waals surface area contributed by atoms with Gasteiger partial charge in [0.2, 0.25) is 0 Å². The number of nitrogens with one attached hydrogen (secondary N) is 2. The number of carbonyl (C=O) groups excluding carboxylic acids is 1. The lowest BCUT2D eigenvalue weighted by Gasteiger charge is -2.34. The van der Waals surface area contributed by atoms with Crippen molar-refractivity contribution in [1.82, 2.24) is 14.9 Å². The van der Waals surface area contributed by atoms with E-state index in [4.69, 9.17) is 17.0 Å². The molecule has 3 atom stereocenters. The van der Waals surface area contributed by atoms with E-state index in [0.29, 0.717) is 52.8 Å². The molecule has 3 rings (SSSR count). The van der Waals surface area contributed by atoms with Gasteiger partial charge < -0.3 is 15.0 Å². The Labute approximate surface area is 176 Å². The number of carbonyl (C=O) groups is 1. The van der Waals surface area contributed by atoms with Crippen LogP contribution in [0.5, 0.6) is 0 Å². The Morgan fingerprint density at radius 1 is 1.34 bits per heavy atom. The van der Waals surface area contributed by atoms with E-state index in [0.717, 1.165) is 19.3 Å². The number of hydrogen-bond acceptors (Lipinski definition) is 4. The SMILES string of the molecule is CCOCCCn1c(=S)[nH]c2cc(C(=O)N[C@@H]3CCC[C@@H](C)[C@@H]3C)ccc2c1=O. The largest absolute Gasteiger partial charge is 0.382 e. The molecule has 0 unspecified atom stereocenters. The molecule has 2 aromatic rings. The number of ether oxygens (including phenoxy) is 1. The number of aromatic amines is 1. The van der Waals surface area contributed by atoms with E-state index in [-0.39, 0.29) is 17.5 Å². The molecule has 1 saturated carbocycles. The van der Waals surface area contributed by atoms with Gasteiger partial charge in [-0.3, -0.25) is 14.2 Å². The van der Waals surface area contributed by atoms with Gasteiger partial charge in [0.05, 0.1) is 10.9 Å². The molecule has 1 amide bonds. The summed E-state index contributed by atoms with van der Waals surface area (Å²) in [5.74, 6) is 0.976. The zero-order valence-electron chi connectivity index (χ0n) is 17.5. The monoisotopic (exact) mass is 417 g/mol. The van der Waals surface area contributed by atoms with Gasteiger partial charge in [-0.05, 0) is 62.0 Å². The van der Waals surface area contributed by atoms with Crippen molar-refractivity contribution in [1.29, 1.82) is 0 Å². The topological polar surface area (TPSA) is 76.1 Å². The van der Waals surface area contributed by atoms with E-state index in [1.807, 2.05) is 6.92 Å². The van der Waals surface area contributed by atoms with Crippen molar-refractivity contribution in [3.63, 3.8) is 0 Å². The highest BCUT2D eigenvalue weighted by Crippen LogP contribution is 2.29. The number of H-pyrrole nitrogens is 1. The fourth-order valence-electron chi connectivity index (χ4n) is 4.11. The van der Waals surface area contributed by atoms with Gasteiger partial charge >= 0.3 is 0 Å². The van der Waals surface area contributed by atoms with E-state index in [2.05, 4.69) is 24.1 Å². The molecular weight excluding hydrogens is 386 g/mol. The first-order valence-electron chi connectivity index (χ1n) is 10.6. The van der Waals surface area contributed by atoms with E-state index < -0.39 is 0 Å². The Hall–Kier alpha value is -1.99. The molecule has 2 N–H and O–H groups in total. The smallest absolute Gasteiger partial charge is 0.262 e. The molecule has 29 heavy (non-hydrogen) atoms. The highest BCUT2D eigenvalue weighted by atomic mass is 32.1. The Morgan fingerprint density at radius 3 is 2.90 bits per heavy atom. The second kappa shape index (κ2) is 9.67. The number of fused-ring (bicyclic) bond motifs is 1. The lowest BCUT2D eigenvalue weighted by molar-refractivity contribution is 0.0891. The standard InChI is InChI=1S/C22H31N3O3S/c1-4-28-12-6-11-25-21(27)17-10-9-16(13-19(17)24-22(25)29)20(26)23-18-8-5-7-14(2)15(18)3/h9-10,13-15,18H,4-8,11-12H2,1-3H3,(H,23,26)(H,24,29)/t14-,15+,18-/m1/s1. The molecule has 7 heteroatoms. The predicted molar refractivity (Wildman–Crippen MR) is 118 cm³/mol. The number of hydrogen-bond donors (Lipinski definition) is 2. The number of nitrogens with zero attached hydrogens (tertiary/aromatic N) is 1. The minimum Gasteiger partial charge on any atom is -0.382 e. The molecule has 0 radical (unpaired) electrons. The lowest BCUT2D eigenvalue weighted by Crippen LogP contribution is -2.43. The maximum Gasteiger partial charge on any atom is 0.262 e. The zero-order valence-corrected chi connectivity index (χ0v) is 18.3. The summed E-state index contributed by atoms with van der Waals surface area (Å²) in [6, 6.07) is 5.35. The number of aromatic nitrogens is 2. The van der Waals surface area contributed by atoms with Gasteiger partial charge in [0, 0.05) is 31.4 Å². The predicted octanol–water partition coefficient (Wildman–Crippen LogP) is 4.04. The van der Waals surface area contributed by atoms with Crippen LogP contribution in [0.3, 0.4) is 0 Å². The van der Waals surface area contributed by atoms with Crippen LogP contribution in [0.1, 0.15) is 56.8 Å². The van der Waals surface area contributed by atoms with Crippen LogP contribution < -0.4 is 10.9 Å². The fourth-order valence-corrected chi connectivity index (χ4v) is 4.39. The molecule has 0 bridgehead atoms. The molecule has 1 heterocycles. The van der Waals surface area contributed by atoms with Crippen LogP contribution in [-0.2, 0) is 11.3 Å². The highest BCUT2D eigenvalue weighted by molar-refractivity contribution is 7.71. The van der Waals surface area contributed by atoms with Crippen molar-refractivity contribution in [3.8, 4) is 0 Å². The third kappa shape index (κ3) is 4.95. The minimum atomic E-state index is -0.137.